The second kappa shape index (κ2) is 6.96. The molecular weight excluding hydrogens is 284 g/mol. The molecule has 0 unspecified atom stereocenters. The van der Waals surface area contributed by atoms with Crippen molar-refractivity contribution in [1.82, 2.24) is 14.9 Å². The van der Waals surface area contributed by atoms with Crippen LogP contribution in [0, 0.1) is 0 Å². The Bertz CT molecular complexity index is 592. The molecule has 4 nitrogen and oxygen atoms in total. The molecule has 0 amide bonds. The van der Waals surface area contributed by atoms with Crippen molar-refractivity contribution in [2.75, 3.05) is 11.9 Å². The Hall–Kier alpha value is -1.52. The first-order valence-electron chi connectivity index (χ1n) is 7.16. The van der Waals surface area contributed by atoms with Crippen molar-refractivity contribution in [3.05, 3.63) is 47.0 Å². The van der Waals surface area contributed by atoms with E-state index in [1.165, 1.54) is 0 Å². The molecule has 0 saturated heterocycles. The molecule has 0 radical (unpaired) electrons. The lowest BCUT2D eigenvalue weighted by atomic mass is 10.2. The van der Waals surface area contributed by atoms with Crippen LogP contribution >= 0.6 is 11.6 Å². The molecule has 0 aliphatic rings. The van der Waals surface area contributed by atoms with Crippen molar-refractivity contribution in [3.63, 3.8) is 0 Å². The molecule has 1 heterocycles. The van der Waals surface area contributed by atoms with E-state index in [4.69, 9.17) is 11.6 Å². The van der Waals surface area contributed by atoms with Gasteiger partial charge in [0.15, 0.2) is 0 Å². The third kappa shape index (κ3) is 4.22. The summed E-state index contributed by atoms with van der Waals surface area (Å²) in [5, 5.41) is 4.18. The van der Waals surface area contributed by atoms with Gasteiger partial charge in [0.2, 0.25) is 0 Å². The molecule has 1 aromatic heterocycles. The number of anilines is 1. The van der Waals surface area contributed by atoms with Gasteiger partial charge in [-0.15, -0.1) is 0 Å². The molecule has 0 bridgehead atoms. The fourth-order valence-electron chi connectivity index (χ4n) is 2.08. The summed E-state index contributed by atoms with van der Waals surface area (Å²) in [4.78, 5) is 6.50. The number of hydrogen-bond donors (Lipinski definition) is 1. The zero-order valence-corrected chi connectivity index (χ0v) is 13.9. The highest BCUT2D eigenvalue weighted by atomic mass is 35.5. The zero-order valence-electron chi connectivity index (χ0n) is 13.1. The van der Waals surface area contributed by atoms with E-state index in [2.05, 4.69) is 41.2 Å². The highest BCUT2D eigenvalue weighted by Gasteiger charge is 2.08. The third-order valence-corrected chi connectivity index (χ3v) is 3.83. The summed E-state index contributed by atoms with van der Waals surface area (Å²) >= 11 is 6.38. The molecule has 0 spiro atoms. The third-order valence-electron chi connectivity index (χ3n) is 3.48. The topological polar surface area (TPSA) is 33.1 Å². The molecule has 0 atom stereocenters. The molecule has 21 heavy (non-hydrogen) atoms. The molecular formula is C16H23ClN4. The Morgan fingerprint density at radius 2 is 2.14 bits per heavy atom. The van der Waals surface area contributed by atoms with E-state index in [0.717, 1.165) is 35.2 Å². The fourth-order valence-corrected chi connectivity index (χ4v) is 2.32. The van der Waals surface area contributed by atoms with E-state index in [0.29, 0.717) is 6.04 Å². The summed E-state index contributed by atoms with van der Waals surface area (Å²) in [5.74, 6) is 1.03. The smallest absolute Gasteiger partial charge is 0.127 e. The highest BCUT2D eigenvalue weighted by molar-refractivity contribution is 6.31. The maximum Gasteiger partial charge on any atom is 0.127 e. The first-order chi connectivity index (χ1) is 9.97. The first-order valence-corrected chi connectivity index (χ1v) is 7.54. The number of imidazole rings is 1. The zero-order chi connectivity index (χ0) is 15.4. The van der Waals surface area contributed by atoms with E-state index in [-0.39, 0.29) is 0 Å². The average molecular weight is 307 g/mol. The van der Waals surface area contributed by atoms with Crippen LogP contribution in [0.5, 0.6) is 0 Å². The predicted molar refractivity (Wildman–Crippen MR) is 88.7 cm³/mol. The molecule has 0 aliphatic carbocycles. The lowest BCUT2D eigenvalue weighted by molar-refractivity contribution is 0.589. The molecule has 0 saturated carbocycles. The number of aromatic nitrogens is 2. The number of hydrogen-bond acceptors (Lipinski definition) is 3. The van der Waals surface area contributed by atoms with Gasteiger partial charge in [0, 0.05) is 49.8 Å². The van der Waals surface area contributed by atoms with Gasteiger partial charge in [0.25, 0.3) is 0 Å². The van der Waals surface area contributed by atoms with Crippen LogP contribution in [-0.2, 0) is 20.1 Å². The van der Waals surface area contributed by atoms with Gasteiger partial charge in [-0.3, -0.25) is 0 Å². The summed E-state index contributed by atoms with van der Waals surface area (Å²) in [6, 6.07) is 6.66. The summed E-state index contributed by atoms with van der Waals surface area (Å²) < 4.78 is 2.03. The maximum absolute atomic E-state index is 6.38. The molecule has 114 valence electrons. The van der Waals surface area contributed by atoms with Crippen molar-refractivity contribution in [1.29, 1.82) is 0 Å². The monoisotopic (exact) mass is 306 g/mol. The molecule has 1 aromatic carbocycles. The van der Waals surface area contributed by atoms with Gasteiger partial charge >= 0.3 is 0 Å². The van der Waals surface area contributed by atoms with E-state index < -0.39 is 0 Å². The number of aryl methyl sites for hydroxylation is 1. The second-order valence-electron chi connectivity index (χ2n) is 5.62. The molecule has 1 N–H and O–H groups in total. The van der Waals surface area contributed by atoms with Gasteiger partial charge in [-0.2, -0.15) is 0 Å². The normalized spacial score (nSPS) is 11.1. The number of nitrogens with one attached hydrogen (secondary N) is 1. The summed E-state index contributed by atoms with van der Waals surface area (Å²) in [6.07, 6.45) is 3.77. The Morgan fingerprint density at radius 3 is 2.71 bits per heavy atom. The predicted octanol–water partition coefficient (Wildman–Crippen LogP) is 3.21. The SMILES string of the molecule is CC(C)NCc1ccc(N(C)Cc2nccn2C)cc1Cl. The average Bonchev–Trinajstić information content (AvgIpc) is 2.82. The number of halogens is 1. The van der Waals surface area contributed by atoms with Crippen LogP contribution in [0.2, 0.25) is 5.02 Å². The maximum atomic E-state index is 6.38. The van der Waals surface area contributed by atoms with Gasteiger partial charge in [-0.1, -0.05) is 31.5 Å². The number of rotatable bonds is 6. The fraction of sp³-hybridized carbons (Fsp3) is 0.438. The second-order valence-corrected chi connectivity index (χ2v) is 6.03. The van der Waals surface area contributed by atoms with Crippen LogP contribution in [0.4, 0.5) is 5.69 Å². The minimum absolute atomic E-state index is 0.451. The van der Waals surface area contributed by atoms with E-state index in [1.54, 1.807) is 0 Å². The molecule has 2 rings (SSSR count). The summed E-state index contributed by atoms with van der Waals surface area (Å²) in [7, 11) is 4.05. The van der Waals surface area contributed by atoms with Gasteiger partial charge < -0.3 is 14.8 Å². The van der Waals surface area contributed by atoms with Gasteiger partial charge in [-0.05, 0) is 17.7 Å². The Kier molecular flexibility index (Phi) is 5.26. The van der Waals surface area contributed by atoms with Crippen molar-refractivity contribution in [2.45, 2.75) is 33.0 Å². The van der Waals surface area contributed by atoms with E-state index >= 15 is 0 Å². The Labute approximate surface area is 131 Å². The molecule has 0 aliphatic heterocycles. The van der Waals surface area contributed by atoms with Crippen molar-refractivity contribution in [2.24, 2.45) is 7.05 Å². The summed E-state index contributed by atoms with van der Waals surface area (Å²) in [6.45, 7) is 5.80. The highest BCUT2D eigenvalue weighted by Crippen LogP contribution is 2.24. The minimum atomic E-state index is 0.451. The van der Waals surface area contributed by atoms with E-state index in [1.807, 2.05) is 37.1 Å². The molecule has 5 heteroatoms. The quantitative estimate of drug-likeness (QED) is 0.889. The van der Waals surface area contributed by atoms with Crippen LogP contribution in [0.15, 0.2) is 30.6 Å². The molecule has 0 fully saturated rings. The summed E-state index contributed by atoms with van der Waals surface area (Å²) in [5.41, 5.74) is 2.22. The lowest BCUT2D eigenvalue weighted by Crippen LogP contribution is -2.22. The van der Waals surface area contributed by atoms with Gasteiger partial charge in [0.1, 0.15) is 5.82 Å². The van der Waals surface area contributed by atoms with Crippen LogP contribution in [0.1, 0.15) is 25.2 Å². The standard InChI is InChI=1S/C16H23ClN4/c1-12(2)19-10-13-5-6-14(9-15(13)17)21(4)11-16-18-7-8-20(16)3/h5-9,12,19H,10-11H2,1-4H3. The number of benzene rings is 1. The molecule has 2 aromatic rings. The van der Waals surface area contributed by atoms with Crippen molar-refractivity contribution < 1.29 is 0 Å². The van der Waals surface area contributed by atoms with Gasteiger partial charge in [-0.25, -0.2) is 4.98 Å². The van der Waals surface area contributed by atoms with Crippen LogP contribution in [0.3, 0.4) is 0 Å². The Morgan fingerprint density at radius 1 is 1.38 bits per heavy atom. The lowest BCUT2D eigenvalue weighted by Gasteiger charge is -2.20. The van der Waals surface area contributed by atoms with Crippen LogP contribution in [0.25, 0.3) is 0 Å². The van der Waals surface area contributed by atoms with Crippen LogP contribution < -0.4 is 10.2 Å². The van der Waals surface area contributed by atoms with E-state index in [9.17, 15) is 0 Å². The Balaban J connectivity index is 2.06. The van der Waals surface area contributed by atoms with Crippen molar-refractivity contribution in [3.8, 4) is 0 Å². The minimum Gasteiger partial charge on any atom is -0.367 e. The number of nitrogens with zero attached hydrogens (tertiary/aromatic N) is 3. The largest absolute Gasteiger partial charge is 0.367 e. The first kappa shape index (κ1) is 15.9. The van der Waals surface area contributed by atoms with Gasteiger partial charge in [0.05, 0.1) is 6.54 Å². The van der Waals surface area contributed by atoms with Crippen LogP contribution in [-0.4, -0.2) is 22.6 Å². The van der Waals surface area contributed by atoms with Crippen molar-refractivity contribution >= 4 is 17.3 Å².